The van der Waals surface area contributed by atoms with Gasteiger partial charge in [-0.1, -0.05) is 6.07 Å². The number of hydrogen-bond donors (Lipinski definition) is 1. The molecular weight excluding hydrogens is 341 g/mol. The van der Waals surface area contributed by atoms with Crippen molar-refractivity contribution in [2.45, 2.75) is 0 Å². The highest BCUT2D eigenvalue weighted by Crippen LogP contribution is 2.25. The third-order valence-corrected chi connectivity index (χ3v) is 4.17. The van der Waals surface area contributed by atoms with Crippen LogP contribution in [0, 0.1) is 3.57 Å². The minimum Gasteiger partial charge on any atom is -0.361 e. The standard InChI is InChI=1S/C10H7BrIN/c11-8-6-7(3-4-9(8)12)10-2-1-5-13-10/h1-6,13H. The van der Waals surface area contributed by atoms with Gasteiger partial charge in [-0.3, -0.25) is 0 Å². The van der Waals surface area contributed by atoms with Crippen molar-refractivity contribution >= 4 is 38.5 Å². The number of halogens is 2. The lowest BCUT2D eigenvalue weighted by Gasteiger charge is -2.00. The summed E-state index contributed by atoms with van der Waals surface area (Å²) >= 11 is 5.81. The first kappa shape index (κ1) is 9.27. The first-order valence-electron chi connectivity index (χ1n) is 3.86. The number of benzene rings is 1. The Bertz CT molecular complexity index is 409. The van der Waals surface area contributed by atoms with E-state index in [1.54, 1.807) is 0 Å². The summed E-state index contributed by atoms with van der Waals surface area (Å²) in [5, 5.41) is 0. The number of rotatable bonds is 1. The van der Waals surface area contributed by atoms with E-state index in [-0.39, 0.29) is 0 Å². The van der Waals surface area contributed by atoms with Crippen molar-refractivity contribution < 1.29 is 0 Å². The van der Waals surface area contributed by atoms with E-state index in [0.29, 0.717) is 0 Å². The quantitative estimate of drug-likeness (QED) is 0.749. The van der Waals surface area contributed by atoms with Gasteiger partial charge in [0.15, 0.2) is 0 Å². The molecule has 0 radical (unpaired) electrons. The second-order valence-electron chi connectivity index (χ2n) is 2.71. The topological polar surface area (TPSA) is 15.8 Å². The summed E-state index contributed by atoms with van der Waals surface area (Å²) in [5.41, 5.74) is 2.36. The second kappa shape index (κ2) is 3.84. The number of aromatic nitrogens is 1. The molecule has 1 heterocycles. The van der Waals surface area contributed by atoms with Gasteiger partial charge in [0.25, 0.3) is 0 Å². The summed E-state index contributed by atoms with van der Waals surface area (Å²) in [6, 6.07) is 10.4. The Morgan fingerprint density at radius 2 is 2.08 bits per heavy atom. The van der Waals surface area contributed by atoms with Crippen LogP contribution in [0.15, 0.2) is 41.0 Å². The van der Waals surface area contributed by atoms with E-state index in [0.717, 1.165) is 10.2 Å². The van der Waals surface area contributed by atoms with Crippen molar-refractivity contribution in [2.24, 2.45) is 0 Å². The molecule has 2 aromatic rings. The van der Waals surface area contributed by atoms with E-state index in [2.05, 4.69) is 67.8 Å². The maximum atomic E-state index is 3.51. The van der Waals surface area contributed by atoms with Gasteiger partial charge >= 0.3 is 0 Å². The van der Waals surface area contributed by atoms with E-state index < -0.39 is 0 Å². The largest absolute Gasteiger partial charge is 0.361 e. The average Bonchev–Trinajstić information content (AvgIpc) is 2.62. The van der Waals surface area contributed by atoms with Crippen molar-refractivity contribution in [2.75, 3.05) is 0 Å². The molecule has 0 aliphatic heterocycles. The van der Waals surface area contributed by atoms with Gasteiger partial charge in [-0.05, 0) is 68.3 Å². The average molecular weight is 348 g/mol. The lowest BCUT2D eigenvalue weighted by atomic mass is 10.2. The van der Waals surface area contributed by atoms with E-state index in [1.165, 1.54) is 9.13 Å². The van der Waals surface area contributed by atoms with Crippen molar-refractivity contribution in [3.05, 3.63) is 44.6 Å². The molecule has 13 heavy (non-hydrogen) atoms. The molecule has 2 rings (SSSR count). The second-order valence-corrected chi connectivity index (χ2v) is 4.73. The van der Waals surface area contributed by atoms with Crippen LogP contribution in [0.25, 0.3) is 11.3 Å². The van der Waals surface area contributed by atoms with Gasteiger partial charge in [0.1, 0.15) is 0 Å². The van der Waals surface area contributed by atoms with Gasteiger partial charge in [-0.25, -0.2) is 0 Å². The SMILES string of the molecule is Brc1cc(-c2ccc[nH]2)ccc1I. The summed E-state index contributed by atoms with van der Waals surface area (Å²) in [6.45, 7) is 0. The van der Waals surface area contributed by atoms with Gasteiger partial charge in [-0.2, -0.15) is 0 Å². The van der Waals surface area contributed by atoms with Crippen molar-refractivity contribution in [1.29, 1.82) is 0 Å². The summed E-state index contributed by atoms with van der Waals surface area (Å²) in [6.07, 6.45) is 1.93. The number of hydrogen-bond acceptors (Lipinski definition) is 0. The highest BCUT2D eigenvalue weighted by atomic mass is 127. The molecule has 0 saturated heterocycles. The summed E-state index contributed by atoms with van der Waals surface area (Å²) in [7, 11) is 0. The molecule has 3 heteroatoms. The van der Waals surface area contributed by atoms with Gasteiger partial charge in [0, 0.05) is 19.9 Å². The summed E-state index contributed by atoms with van der Waals surface area (Å²) in [4.78, 5) is 3.18. The summed E-state index contributed by atoms with van der Waals surface area (Å²) in [5.74, 6) is 0. The van der Waals surface area contributed by atoms with Crippen molar-refractivity contribution in [3.8, 4) is 11.3 Å². The lowest BCUT2D eigenvalue weighted by Crippen LogP contribution is -1.79. The Kier molecular flexibility index (Phi) is 2.74. The molecule has 1 N–H and O–H groups in total. The van der Waals surface area contributed by atoms with Gasteiger partial charge < -0.3 is 4.98 Å². The van der Waals surface area contributed by atoms with Crippen LogP contribution in [0.2, 0.25) is 0 Å². The van der Waals surface area contributed by atoms with Crippen LogP contribution in [-0.4, -0.2) is 4.98 Å². The predicted octanol–water partition coefficient (Wildman–Crippen LogP) is 4.05. The molecule has 1 aromatic carbocycles. The Labute approximate surface area is 98.8 Å². The molecule has 0 spiro atoms. The molecule has 0 unspecified atom stereocenters. The molecule has 0 amide bonds. The molecule has 0 aliphatic rings. The van der Waals surface area contributed by atoms with E-state index in [9.17, 15) is 0 Å². The van der Waals surface area contributed by atoms with Crippen LogP contribution in [0.1, 0.15) is 0 Å². The highest BCUT2D eigenvalue weighted by Gasteiger charge is 2.00. The molecule has 1 aromatic heterocycles. The molecule has 1 nitrogen and oxygen atoms in total. The van der Waals surface area contributed by atoms with Gasteiger partial charge in [0.2, 0.25) is 0 Å². The number of H-pyrrole nitrogens is 1. The van der Waals surface area contributed by atoms with Crippen LogP contribution in [0.5, 0.6) is 0 Å². The van der Waals surface area contributed by atoms with Crippen LogP contribution >= 0.6 is 38.5 Å². The van der Waals surface area contributed by atoms with Crippen LogP contribution in [0.4, 0.5) is 0 Å². The number of aromatic amines is 1. The van der Waals surface area contributed by atoms with Crippen LogP contribution in [0.3, 0.4) is 0 Å². The zero-order chi connectivity index (χ0) is 9.26. The molecule has 0 bridgehead atoms. The maximum Gasteiger partial charge on any atom is 0.0454 e. The molecule has 0 saturated carbocycles. The maximum absolute atomic E-state index is 3.51. The zero-order valence-corrected chi connectivity index (χ0v) is 10.5. The highest BCUT2D eigenvalue weighted by molar-refractivity contribution is 14.1. The Morgan fingerprint density at radius 3 is 2.69 bits per heavy atom. The van der Waals surface area contributed by atoms with Crippen LogP contribution in [-0.2, 0) is 0 Å². The molecule has 66 valence electrons. The monoisotopic (exact) mass is 347 g/mol. The first-order chi connectivity index (χ1) is 6.27. The molecule has 0 aliphatic carbocycles. The fourth-order valence-corrected chi connectivity index (χ4v) is 1.89. The fraction of sp³-hybridized carbons (Fsp3) is 0. The van der Waals surface area contributed by atoms with Gasteiger partial charge in [0.05, 0.1) is 0 Å². The normalized spacial score (nSPS) is 10.3. The van der Waals surface area contributed by atoms with E-state index >= 15 is 0 Å². The Balaban J connectivity index is 2.49. The lowest BCUT2D eigenvalue weighted by molar-refractivity contribution is 1.39. The first-order valence-corrected chi connectivity index (χ1v) is 5.73. The smallest absolute Gasteiger partial charge is 0.0454 e. The van der Waals surface area contributed by atoms with Crippen molar-refractivity contribution in [1.82, 2.24) is 4.98 Å². The molecular formula is C10H7BrIN. The molecule has 0 fully saturated rings. The van der Waals surface area contributed by atoms with E-state index in [4.69, 9.17) is 0 Å². The van der Waals surface area contributed by atoms with E-state index in [1.807, 2.05) is 12.3 Å². The molecule has 0 atom stereocenters. The van der Waals surface area contributed by atoms with Gasteiger partial charge in [-0.15, -0.1) is 0 Å². The predicted molar refractivity (Wildman–Crippen MR) is 66.6 cm³/mol. The summed E-state index contributed by atoms with van der Waals surface area (Å²) < 4.78 is 2.37. The third-order valence-electron chi connectivity index (χ3n) is 1.83. The minimum absolute atomic E-state index is 1.14. The van der Waals surface area contributed by atoms with Crippen LogP contribution < -0.4 is 0 Å². The third kappa shape index (κ3) is 1.96. The Morgan fingerprint density at radius 1 is 1.23 bits per heavy atom. The fourth-order valence-electron chi connectivity index (χ4n) is 1.17. The Hall–Kier alpha value is -0.290. The van der Waals surface area contributed by atoms with Crippen molar-refractivity contribution in [3.63, 3.8) is 0 Å². The zero-order valence-electron chi connectivity index (χ0n) is 6.72. The minimum atomic E-state index is 1.14. The number of nitrogens with one attached hydrogen (secondary N) is 1.